The van der Waals surface area contributed by atoms with Gasteiger partial charge in [0.2, 0.25) is 0 Å². The van der Waals surface area contributed by atoms with Crippen LogP contribution >= 0.6 is 0 Å². The van der Waals surface area contributed by atoms with E-state index in [1.54, 1.807) is 6.07 Å². The van der Waals surface area contributed by atoms with E-state index in [0.717, 1.165) is 6.26 Å². The fourth-order valence-corrected chi connectivity index (χ4v) is 3.79. The third kappa shape index (κ3) is 5.09. The molecule has 0 aromatic heterocycles. The van der Waals surface area contributed by atoms with Crippen molar-refractivity contribution in [3.05, 3.63) is 40.5 Å². The minimum atomic E-state index is -3.74. The number of nitrogens with one attached hydrogen (secondary N) is 1. The van der Waals surface area contributed by atoms with Gasteiger partial charge in [0.25, 0.3) is 10.1 Å². The predicted molar refractivity (Wildman–Crippen MR) is 103 cm³/mol. The Morgan fingerprint density at radius 1 is 1.33 bits per heavy atom. The van der Waals surface area contributed by atoms with E-state index in [9.17, 15) is 18.3 Å². The highest BCUT2D eigenvalue weighted by atomic mass is 32.2. The summed E-state index contributed by atoms with van der Waals surface area (Å²) >= 11 is 0. The normalized spacial score (nSPS) is 21.9. The summed E-state index contributed by atoms with van der Waals surface area (Å²) in [5, 5.41) is 12.5. The summed E-state index contributed by atoms with van der Waals surface area (Å²) in [5.74, 6) is -1.04. The van der Waals surface area contributed by atoms with Crippen LogP contribution in [0.25, 0.3) is 0 Å². The van der Waals surface area contributed by atoms with Gasteiger partial charge in [-0.2, -0.15) is 8.42 Å². The third-order valence-electron chi connectivity index (χ3n) is 5.00. The van der Waals surface area contributed by atoms with Gasteiger partial charge in [-0.25, -0.2) is 4.79 Å². The summed E-state index contributed by atoms with van der Waals surface area (Å²) in [4.78, 5) is 11.2. The largest absolute Gasteiger partial charge is 0.478 e. The highest BCUT2D eigenvalue weighted by molar-refractivity contribution is 7.86. The zero-order valence-electron chi connectivity index (χ0n) is 16.3. The maximum Gasteiger partial charge on any atom is 0.335 e. The van der Waals surface area contributed by atoms with Crippen molar-refractivity contribution in [2.24, 2.45) is 0 Å². The van der Waals surface area contributed by atoms with Gasteiger partial charge in [-0.1, -0.05) is 11.1 Å². The van der Waals surface area contributed by atoms with Gasteiger partial charge in [-0.05, 0) is 51.0 Å². The number of methoxy groups -OCH3 is 1. The topological polar surface area (TPSA) is 102 Å². The van der Waals surface area contributed by atoms with E-state index < -0.39 is 27.9 Å². The fourth-order valence-electron chi connectivity index (χ4n) is 3.14. The molecule has 27 heavy (non-hydrogen) atoms. The van der Waals surface area contributed by atoms with Crippen molar-refractivity contribution >= 4 is 21.8 Å². The number of ether oxygens (including phenoxy) is 1. The van der Waals surface area contributed by atoms with Crippen molar-refractivity contribution in [3.63, 3.8) is 0 Å². The Hall–Kier alpha value is -1.90. The number of rotatable bonds is 7. The summed E-state index contributed by atoms with van der Waals surface area (Å²) in [6, 6.07) is 4.72. The van der Waals surface area contributed by atoms with Gasteiger partial charge < -0.3 is 15.2 Å². The second-order valence-corrected chi connectivity index (χ2v) is 8.77. The number of benzene rings is 1. The van der Waals surface area contributed by atoms with Gasteiger partial charge in [-0.3, -0.25) is 4.18 Å². The molecule has 1 aliphatic rings. The molecule has 0 saturated heterocycles. The van der Waals surface area contributed by atoms with Crippen LogP contribution < -0.4 is 5.32 Å². The van der Waals surface area contributed by atoms with E-state index in [0.29, 0.717) is 24.1 Å². The lowest BCUT2D eigenvalue weighted by atomic mass is 9.87. The smallest absolute Gasteiger partial charge is 0.335 e. The molecule has 8 heteroatoms. The summed E-state index contributed by atoms with van der Waals surface area (Å²) in [6.07, 6.45) is 1.60. The molecular weight excluding hydrogens is 370 g/mol. The van der Waals surface area contributed by atoms with Crippen molar-refractivity contribution in [2.45, 2.75) is 51.9 Å². The van der Waals surface area contributed by atoms with Crippen LogP contribution in [0.2, 0.25) is 0 Å². The molecule has 0 radical (unpaired) electrons. The highest BCUT2D eigenvalue weighted by Crippen LogP contribution is 2.38. The van der Waals surface area contributed by atoms with Crippen LogP contribution in [-0.2, 0) is 25.5 Å². The number of allylic oxidation sites excluding steroid dienone is 2. The number of anilines is 1. The van der Waals surface area contributed by atoms with Crippen molar-refractivity contribution in [1.82, 2.24) is 0 Å². The Labute approximate surface area is 160 Å². The van der Waals surface area contributed by atoms with Crippen LogP contribution in [0.4, 0.5) is 5.69 Å². The molecule has 0 spiro atoms. The molecule has 0 aliphatic carbocycles. The van der Waals surface area contributed by atoms with E-state index in [1.807, 2.05) is 20.8 Å². The lowest BCUT2D eigenvalue weighted by Crippen LogP contribution is -2.56. The zero-order valence-corrected chi connectivity index (χ0v) is 17.1. The first-order valence-electron chi connectivity index (χ1n) is 8.68. The first kappa shape index (κ1) is 21.4. The summed E-state index contributed by atoms with van der Waals surface area (Å²) < 4.78 is 34.8. The van der Waals surface area contributed by atoms with Crippen LogP contribution in [0.3, 0.4) is 0 Å². The van der Waals surface area contributed by atoms with Crippen LogP contribution in [0.1, 0.15) is 49.5 Å². The van der Waals surface area contributed by atoms with Crippen LogP contribution in [0, 0.1) is 0 Å². The molecule has 1 aromatic rings. The highest BCUT2D eigenvalue weighted by Gasteiger charge is 2.45. The monoisotopic (exact) mass is 397 g/mol. The predicted octanol–water partition coefficient (Wildman–Crippen LogP) is 3.18. The van der Waals surface area contributed by atoms with E-state index in [2.05, 4.69) is 5.32 Å². The summed E-state index contributed by atoms with van der Waals surface area (Å²) in [6.45, 7) is 6.08. The number of aromatic carboxylic acids is 1. The van der Waals surface area contributed by atoms with Crippen LogP contribution in [-0.4, -0.2) is 44.7 Å². The van der Waals surface area contributed by atoms with E-state index in [-0.39, 0.29) is 12.0 Å². The molecule has 0 amide bonds. The van der Waals surface area contributed by atoms with Crippen molar-refractivity contribution in [1.29, 1.82) is 0 Å². The van der Waals surface area contributed by atoms with Gasteiger partial charge in [-0.15, -0.1) is 0 Å². The molecule has 0 bridgehead atoms. The molecule has 2 unspecified atom stereocenters. The summed E-state index contributed by atoms with van der Waals surface area (Å²) in [5.41, 5.74) is 2.87. The average Bonchev–Trinajstić information content (AvgIpc) is 2.57. The molecule has 1 aliphatic heterocycles. The molecule has 2 rings (SSSR count). The van der Waals surface area contributed by atoms with E-state index in [1.165, 1.54) is 30.4 Å². The van der Waals surface area contributed by atoms with Gasteiger partial charge in [0.05, 0.1) is 11.8 Å². The molecule has 0 saturated carbocycles. The number of carboxylic acid groups (broad SMARTS) is 1. The quantitative estimate of drug-likeness (QED) is 0.538. The molecular formula is C19H27NO6S. The SMILES string of the molecule is COC1(CCC(C)=C(C)C)Nc2ccc(C(=O)O)cc2CC1OS(C)(=O)=O. The van der Waals surface area contributed by atoms with Crippen molar-refractivity contribution in [2.75, 3.05) is 18.7 Å². The second kappa shape index (κ2) is 8.00. The third-order valence-corrected chi connectivity index (χ3v) is 5.59. The molecule has 1 heterocycles. The maximum atomic E-state index is 11.8. The second-order valence-electron chi connectivity index (χ2n) is 7.17. The van der Waals surface area contributed by atoms with Gasteiger partial charge in [0.15, 0.2) is 5.72 Å². The number of hydrogen-bond donors (Lipinski definition) is 2. The first-order valence-corrected chi connectivity index (χ1v) is 10.5. The van der Waals surface area contributed by atoms with E-state index >= 15 is 0 Å². The molecule has 2 N–H and O–H groups in total. The number of fused-ring (bicyclic) bond motifs is 1. The van der Waals surface area contributed by atoms with Crippen molar-refractivity contribution in [3.8, 4) is 0 Å². The lowest BCUT2D eigenvalue weighted by Gasteiger charge is -2.44. The Morgan fingerprint density at radius 3 is 2.52 bits per heavy atom. The molecule has 7 nitrogen and oxygen atoms in total. The van der Waals surface area contributed by atoms with Gasteiger partial charge in [0, 0.05) is 25.6 Å². The Balaban J connectivity index is 2.45. The van der Waals surface area contributed by atoms with Gasteiger partial charge in [0.1, 0.15) is 6.10 Å². The average molecular weight is 397 g/mol. The molecule has 0 fully saturated rings. The van der Waals surface area contributed by atoms with Crippen LogP contribution in [0.5, 0.6) is 0 Å². The zero-order chi connectivity index (χ0) is 20.4. The standard InChI is InChI=1S/C19H27NO6S/c1-12(2)13(3)8-9-19(25-4)17(26-27(5,23)24)11-15-10-14(18(21)22)6-7-16(15)20-19/h6-7,10,17,20H,8-9,11H2,1-5H3,(H,21,22). The van der Waals surface area contributed by atoms with Crippen molar-refractivity contribution < 1.29 is 27.2 Å². The van der Waals surface area contributed by atoms with Gasteiger partial charge >= 0.3 is 5.97 Å². The Kier molecular flexibility index (Phi) is 6.34. The molecule has 1 aromatic carbocycles. The lowest BCUT2D eigenvalue weighted by molar-refractivity contribution is -0.0772. The number of hydrogen-bond acceptors (Lipinski definition) is 6. The minimum Gasteiger partial charge on any atom is -0.478 e. The Morgan fingerprint density at radius 2 is 2.00 bits per heavy atom. The van der Waals surface area contributed by atoms with E-state index in [4.69, 9.17) is 8.92 Å². The number of carbonyl (C=O) groups is 1. The Bertz CT molecular complexity index is 857. The first-order chi connectivity index (χ1) is 12.5. The molecule has 2 atom stereocenters. The molecule has 150 valence electrons. The minimum absolute atomic E-state index is 0.138. The maximum absolute atomic E-state index is 11.8. The summed E-state index contributed by atoms with van der Waals surface area (Å²) in [7, 11) is -2.22. The fraction of sp³-hybridized carbons (Fsp3) is 0.526. The van der Waals surface area contributed by atoms with Crippen LogP contribution in [0.15, 0.2) is 29.3 Å². The number of carboxylic acids is 1.